The number of urea groups is 1. The molecule has 140 valence electrons. The van der Waals surface area contributed by atoms with Crippen molar-refractivity contribution in [3.8, 4) is 11.5 Å². The average molecular weight is 360 g/mol. The molecule has 1 aromatic rings. The Balaban J connectivity index is 1.71. The minimum absolute atomic E-state index is 0.290. The number of nitrogens with one attached hydrogen (secondary N) is 1. The third-order valence-electron chi connectivity index (χ3n) is 4.73. The molecule has 0 saturated carbocycles. The summed E-state index contributed by atoms with van der Waals surface area (Å²) in [6.45, 7) is 6.44. The summed E-state index contributed by atoms with van der Waals surface area (Å²) in [6.07, 6.45) is 1.36. The SMILES string of the molecule is CC(C)CCC1(C)NC(=O)N(CC(=O)c2ccc3c(c2)OCCO3)C1=O. The third-order valence-corrected chi connectivity index (χ3v) is 4.73. The van der Waals surface area contributed by atoms with Gasteiger partial charge in [0, 0.05) is 5.56 Å². The number of imide groups is 1. The zero-order valence-electron chi connectivity index (χ0n) is 15.3. The van der Waals surface area contributed by atoms with Crippen LogP contribution in [-0.4, -0.2) is 47.9 Å². The van der Waals surface area contributed by atoms with E-state index >= 15 is 0 Å². The Bertz CT molecular complexity index is 745. The molecule has 2 aliphatic heterocycles. The molecule has 1 N–H and O–H groups in total. The van der Waals surface area contributed by atoms with Gasteiger partial charge in [0.15, 0.2) is 17.3 Å². The number of hydrogen-bond donors (Lipinski definition) is 1. The predicted octanol–water partition coefficient (Wildman–Crippen LogP) is 2.39. The van der Waals surface area contributed by atoms with Gasteiger partial charge >= 0.3 is 6.03 Å². The molecule has 0 radical (unpaired) electrons. The first-order chi connectivity index (χ1) is 12.3. The van der Waals surface area contributed by atoms with E-state index in [9.17, 15) is 14.4 Å². The van der Waals surface area contributed by atoms with Gasteiger partial charge in [0.25, 0.3) is 5.91 Å². The minimum Gasteiger partial charge on any atom is -0.486 e. The highest BCUT2D eigenvalue weighted by molar-refractivity contribution is 6.11. The van der Waals surface area contributed by atoms with Crippen LogP contribution in [0.3, 0.4) is 0 Å². The number of carbonyl (C=O) groups excluding carboxylic acids is 3. The van der Waals surface area contributed by atoms with Crippen LogP contribution in [0.5, 0.6) is 11.5 Å². The van der Waals surface area contributed by atoms with Crippen LogP contribution in [0.25, 0.3) is 0 Å². The Labute approximate surface area is 152 Å². The summed E-state index contributed by atoms with van der Waals surface area (Å²) in [6, 6.07) is 4.35. The van der Waals surface area contributed by atoms with Gasteiger partial charge in [0.1, 0.15) is 18.8 Å². The van der Waals surface area contributed by atoms with Crippen LogP contribution in [0.1, 0.15) is 44.0 Å². The highest BCUT2D eigenvalue weighted by atomic mass is 16.6. The van der Waals surface area contributed by atoms with Gasteiger partial charge in [-0.3, -0.25) is 14.5 Å². The fraction of sp³-hybridized carbons (Fsp3) is 0.526. The van der Waals surface area contributed by atoms with Crippen LogP contribution >= 0.6 is 0 Å². The van der Waals surface area contributed by atoms with Crippen LogP contribution in [0.15, 0.2) is 18.2 Å². The van der Waals surface area contributed by atoms with E-state index in [0.717, 1.165) is 11.3 Å². The second-order valence-electron chi connectivity index (χ2n) is 7.37. The summed E-state index contributed by atoms with van der Waals surface area (Å²) in [5.41, 5.74) is -0.570. The van der Waals surface area contributed by atoms with Crippen molar-refractivity contribution in [1.29, 1.82) is 0 Å². The van der Waals surface area contributed by atoms with Crippen LogP contribution in [0.2, 0.25) is 0 Å². The van der Waals surface area contributed by atoms with Crippen molar-refractivity contribution in [1.82, 2.24) is 10.2 Å². The van der Waals surface area contributed by atoms with Gasteiger partial charge in [-0.2, -0.15) is 0 Å². The molecular formula is C19H24N2O5. The smallest absolute Gasteiger partial charge is 0.325 e. The molecule has 2 heterocycles. The number of Topliss-reactive ketones (excluding diaryl/α,β-unsaturated/α-hetero) is 1. The highest BCUT2D eigenvalue weighted by Crippen LogP contribution is 2.31. The molecule has 3 amide bonds. The number of hydrogen-bond acceptors (Lipinski definition) is 5. The Hall–Kier alpha value is -2.57. The molecule has 26 heavy (non-hydrogen) atoms. The van der Waals surface area contributed by atoms with Crippen LogP contribution in [0.4, 0.5) is 4.79 Å². The summed E-state index contributed by atoms with van der Waals surface area (Å²) < 4.78 is 10.9. The summed E-state index contributed by atoms with van der Waals surface area (Å²) in [4.78, 5) is 38.5. The number of ether oxygens (including phenoxy) is 2. The second-order valence-corrected chi connectivity index (χ2v) is 7.37. The number of benzene rings is 1. The van der Waals surface area contributed by atoms with Crippen LogP contribution in [0, 0.1) is 5.92 Å². The zero-order valence-corrected chi connectivity index (χ0v) is 15.3. The fourth-order valence-electron chi connectivity index (χ4n) is 3.09. The Morgan fingerprint density at radius 1 is 1.23 bits per heavy atom. The monoisotopic (exact) mass is 360 g/mol. The molecule has 7 heteroatoms. The molecule has 0 aliphatic carbocycles. The van der Waals surface area contributed by atoms with Crippen molar-refractivity contribution < 1.29 is 23.9 Å². The molecule has 1 saturated heterocycles. The van der Waals surface area contributed by atoms with Gasteiger partial charge in [-0.05, 0) is 43.9 Å². The van der Waals surface area contributed by atoms with Crippen molar-refractivity contribution in [2.75, 3.05) is 19.8 Å². The number of fused-ring (bicyclic) bond motifs is 1. The zero-order chi connectivity index (χ0) is 18.9. The molecule has 2 aliphatic rings. The van der Waals surface area contributed by atoms with E-state index in [0.29, 0.717) is 42.6 Å². The molecule has 1 fully saturated rings. The quantitative estimate of drug-likeness (QED) is 0.622. The first-order valence-corrected chi connectivity index (χ1v) is 8.87. The normalized spacial score (nSPS) is 21.9. The molecule has 0 bridgehead atoms. The lowest BCUT2D eigenvalue weighted by molar-refractivity contribution is -0.130. The number of carbonyl (C=O) groups is 3. The Morgan fingerprint density at radius 3 is 2.62 bits per heavy atom. The van der Waals surface area contributed by atoms with Gasteiger partial charge in [-0.1, -0.05) is 13.8 Å². The molecular weight excluding hydrogens is 336 g/mol. The Kier molecular flexibility index (Phi) is 4.89. The standard InChI is InChI=1S/C19H24N2O5/c1-12(2)6-7-19(3)17(23)21(18(24)20-19)11-14(22)13-4-5-15-16(10-13)26-9-8-25-15/h4-5,10,12H,6-9,11H2,1-3H3,(H,20,24). The Morgan fingerprint density at radius 2 is 1.92 bits per heavy atom. The summed E-state index contributed by atoms with van der Waals surface area (Å²) >= 11 is 0. The van der Waals surface area contributed by atoms with Crippen LogP contribution in [-0.2, 0) is 4.79 Å². The lowest BCUT2D eigenvalue weighted by Crippen LogP contribution is -2.44. The molecule has 1 aromatic carbocycles. The maximum absolute atomic E-state index is 12.7. The fourth-order valence-corrected chi connectivity index (χ4v) is 3.09. The molecule has 0 spiro atoms. The predicted molar refractivity (Wildman–Crippen MR) is 94.5 cm³/mol. The van der Waals surface area contributed by atoms with Gasteiger partial charge in [0.05, 0.1) is 6.54 Å². The maximum atomic E-state index is 12.7. The van der Waals surface area contributed by atoms with E-state index in [-0.39, 0.29) is 18.2 Å². The van der Waals surface area contributed by atoms with Gasteiger partial charge in [0.2, 0.25) is 0 Å². The lowest BCUT2D eigenvalue weighted by Gasteiger charge is -2.22. The lowest BCUT2D eigenvalue weighted by atomic mass is 9.92. The number of rotatable bonds is 6. The summed E-state index contributed by atoms with van der Waals surface area (Å²) in [5.74, 6) is 0.836. The van der Waals surface area contributed by atoms with Crippen molar-refractivity contribution in [3.63, 3.8) is 0 Å². The molecule has 7 nitrogen and oxygen atoms in total. The van der Waals surface area contributed by atoms with E-state index in [2.05, 4.69) is 19.2 Å². The van der Waals surface area contributed by atoms with Gasteiger partial charge < -0.3 is 14.8 Å². The van der Waals surface area contributed by atoms with E-state index in [1.54, 1.807) is 25.1 Å². The van der Waals surface area contributed by atoms with E-state index in [4.69, 9.17) is 9.47 Å². The first kappa shape index (κ1) is 18.2. The molecule has 0 aromatic heterocycles. The molecule has 1 atom stereocenters. The molecule has 1 unspecified atom stereocenters. The average Bonchev–Trinajstić information content (AvgIpc) is 2.83. The number of amides is 3. The summed E-state index contributed by atoms with van der Waals surface area (Å²) in [5, 5.41) is 2.73. The number of nitrogens with zero attached hydrogens (tertiary/aromatic N) is 1. The first-order valence-electron chi connectivity index (χ1n) is 8.87. The topological polar surface area (TPSA) is 84.9 Å². The summed E-state index contributed by atoms with van der Waals surface area (Å²) in [7, 11) is 0. The van der Waals surface area contributed by atoms with Gasteiger partial charge in [-0.25, -0.2) is 4.79 Å². The maximum Gasteiger partial charge on any atom is 0.325 e. The van der Waals surface area contributed by atoms with Crippen molar-refractivity contribution in [2.45, 2.75) is 39.2 Å². The van der Waals surface area contributed by atoms with Crippen molar-refractivity contribution in [3.05, 3.63) is 23.8 Å². The largest absolute Gasteiger partial charge is 0.486 e. The van der Waals surface area contributed by atoms with E-state index in [1.165, 1.54) is 0 Å². The minimum atomic E-state index is -0.950. The second kappa shape index (κ2) is 6.97. The highest BCUT2D eigenvalue weighted by Gasteiger charge is 2.47. The van der Waals surface area contributed by atoms with Crippen LogP contribution < -0.4 is 14.8 Å². The third kappa shape index (κ3) is 3.52. The molecule has 3 rings (SSSR count). The van der Waals surface area contributed by atoms with Crippen molar-refractivity contribution >= 4 is 17.7 Å². The van der Waals surface area contributed by atoms with E-state index < -0.39 is 11.6 Å². The van der Waals surface area contributed by atoms with Crippen molar-refractivity contribution in [2.24, 2.45) is 5.92 Å². The van der Waals surface area contributed by atoms with E-state index in [1.807, 2.05) is 0 Å². The number of ketones is 1. The van der Waals surface area contributed by atoms with Gasteiger partial charge in [-0.15, -0.1) is 0 Å².